The van der Waals surface area contributed by atoms with Gasteiger partial charge in [-0.25, -0.2) is 4.79 Å². The smallest absolute Gasteiger partial charge is 0.325 e. The first-order valence-corrected chi connectivity index (χ1v) is 9.49. The van der Waals surface area contributed by atoms with Gasteiger partial charge in [-0.15, -0.1) is 0 Å². The van der Waals surface area contributed by atoms with Gasteiger partial charge in [0.25, 0.3) is 5.91 Å². The number of carbonyl (C=O) groups excluding carboxylic acids is 3. The van der Waals surface area contributed by atoms with E-state index in [4.69, 9.17) is 0 Å². The minimum absolute atomic E-state index is 0.153. The molecule has 1 saturated heterocycles. The molecule has 0 unspecified atom stereocenters. The largest absolute Gasteiger partial charge is 0.348 e. The molecule has 0 bridgehead atoms. The standard InChI is InChI=1S/C22H25N3O3/c1-3-10-18(16-11-6-4-7-12-16)23-19(26)15-25-20(27)22(2,24-21(25)28)17-13-8-5-9-14-17/h4-9,11-14,18H,3,10,15H2,1-2H3,(H,23,26)(H,24,28)/t18-,22-/m1/s1. The quantitative estimate of drug-likeness (QED) is 0.726. The Morgan fingerprint density at radius 1 is 1.07 bits per heavy atom. The number of nitrogens with zero attached hydrogens (tertiary/aromatic N) is 1. The molecule has 146 valence electrons. The molecule has 0 radical (unpaired) electrons. The molecule has 2 aromatic rings. The van der Waals surface area contributed by atoms with Crippen LogP contribution in [0, 0.1) is 0 Å². The van der Waals surface area contributed by atoms with Crippen LogP contribution in [0.1, 0.15) is 43.9 Å². The summed E-state index contributed by atoms with van der Waals surface area (Å²) in [5.74, 6) is -0.784. The van der Waals surface area contributed by atoms with Crippen molar-refractivity contribution in [2.45, 2.75) is 38.3 Å². The number of imide groups is 1. The Labute approximate surface area is 164 Å². The van der Waals surface area contributed by atoms with E-state index < -0.39 is 17.5 Å². The van der Waals surface area contributed by atoms with Gasteiger partial charge < -0.3 is 10.6 Å². The summed E-state index contributed by atoms with van der Waals surface area (Å²) in [6.07, 6.45) is 1.67. The van der Waals surface area contributed by atoms with E-state index in [0.29, 0.717) is 5.56 Å². The maximum Gasteiger partial charge on any atom is 0.325 e. The van der Waals surface area contributed by atoms with E-state index in [2.05, 4.69) is 10.6 Å². The Hall–Kier alpha value is -3.15. The number of urea groups is 1. The van der Waals surface area contributed by atoms with Crippen LogP contribution in [0.25, 0.3) is 0 Å². The second-order valence-corrected chi connectivity index (χ2v) is 7.13. The lowest BCUT2D eigenvalue weighted by Gasteiger charge is -2.23. The molecule has 0 aliphatic carbocycles. The van der Waals surface area contributed by atoms with Gasteiger partial charge in [0.05, 0.1) is 6.04 Å². The van der Waals surface area contributed by atoms with Crippen molar-refractivity contribution in [3.63, 3.8) is 0 Å². The fraction of sp³-hybridized carbons (Fsp3) is 0.318. The zero-order valence-corrected chi connectivity index (χ0v) is 16.1. The number of hydrogen-bond acceptors (Lipinski definition) is 3. The second-order valence-electron chi connectivity index (χ2n) is 7.13. The highest BCUT2D eigenvalue weighted by Gasteiger charge is 2.49. The van der Waals surface area contributed by atoms with Crippen molar-refractivity contribution >= 4 is 17.8 Å². The molecule has 28 heavy (non-hydrogen) atoms. The van der Waals surface area contributed by atoms with Crippen LogP contribution in [0.5, 0.6) is 0 Å². The van der Waals surface area contributed by atoms with E-state index in [9.17, 15) is 14.4 Å². The lowest BCUT2D eigenvalue weighted by atomic mass is 9.92. The minimum atomic E-state index is -1.17. The highest BCUT2D eigenvalue weighted by Crippen LogP contribution is 2.28. The highest BCUT2D eigenvalue weighted by atomic mass is 16.2. The van der Waals surface area contributed by atoms with Crippen molar-refractivity contribution in [2.75, 3.05) is 6.54 Å². The maximum atomic E-state index is 12.9. The summed E-state index contributed by atoms with van der Waals surface area (Å²) in [5.41, 5.74) is 0.523. The number of hydrogen-bond donors (Lipinski definition) is 2. The number of nitrogens with one attached hydrogen (secondary N) is 2. The molecule has 0 spiro atoms. The van der Waals surface area contributed by atoms with Crippen LogP contribution in [0.15, 0.2) is 60.7 Å². The van der Waals surface area contributed by atoms with Crippen LogP contribution in [0.3, 0.4) is 0 Å². The third-order valence-corrected chi connectivity index (χ3v) is 5.04. The van der Waals surface area contributed by atoms with Crippen molar-refractivity contribution in [1.82, 2.24) is 15.5 Å². The minimum Gasteiger partial charge on any atom is -0.348 e. The summed E-state index contributed by atoms with van der Waals surface area (Å²) >= 11 is 0. The van der Waals surface area contributed by atoms with E-state index >= 15 is 0 Å². The Balaban J connectivity index is 1.71. The summed E-state index contributed by atoms with van der Waals surface area (Å²) < 4.78 is 0. The van der Waals surface area contributed by atoms with Crippen molar-refractivity contribution < 1.29 is 14.4 Å². The van der Waals surface area contributed by atoms with E-state index in [-0.39, 0.29) is 18.5 Å². The number of benzene rings is 2. The first kappa shape index (κ1) is 19.6. The van der Waals surface area contributed by atoms with Crippen LogP contribution in [-0.4, -0.2) is 29.3 Å². The van der Waals surface area contributed by atoms with Gasteiger partial charge in [-0.2, -0.15) is 0 Å². The third-order valence-electron chi connectivity index (χ3n) is 5.04. The summed E-state index contributed by atoms with van der Waals surface area (Å²) in [7, 11) is 0. The zero-order valence-electron chi connectivity index (χ0n) is 16.1. The zero-order chi connectivity index (χ0) is 20.1. The fourth-order valence-corrected chi connectivity index (χ4v) is 3.49. The predicted molar refractivity (Wildman–Crippen MR) is 106 cm³/mol. The molecule has 2 atom stereocenters. The number of amides is 4. The average molecular weight is 379 g/mol. The van der Waals surface area contributed by atoms with E-state index in [0.717, 1.165) is 23.3 Å². The predicted octanol–water partition coefficient (Wildman–Crippen LogP) is 3.11. The molecule has 2 N–H and O–H groups in total. The summed E-state index contributed by atoms with van der Waals surface area (Å²) in [4.78, 5) is 38.9. The first-order chi connectivity index (χ1) is 13.5. The molecule has 1 heterocycles. The van der Waals surface area contributed by atoms with Crippen LogP contribution >= 0.6 is 0 Å². The van der Waals surface area contributed by atoms with Gasteiger partial charge in [-0.3, -0.25) is 14.5 Å². The molecule has 1 fully saturated rings. The van der Waals surface area contributed by atoms with Gasteiger partial charge in [-0.05, 0) is 24.5 Å². The summed E-state index contributed by atoms with van der Waals surface area (Å²) in [6, 6.07) is 18.0. The molecule has 0 saturated carbocycles. The molecule has 0 aromatic heterocycles. The van der Waals surface area contributed by atoms with Crippen molar-refractivity contribution in [3.05, 3.63) is 71.8 Å². The molecule has 6 nitrogen and oxygen atoms in total. The van der Waals surface area contributed by atoms with Crippen molar-refractivity contribution in [1.29, 1.82) is 0 Å². The third kappa shape index (κ3) is 3.91. The average Bonchev–Trinajstić information content (AvgIpc) is 2.93. The summed E-state index contributed by atoms with van der Waals surface area (Å²) in [5, 5.41) is 5.68. The Bertz CT molecular complexity index is 854. The molecule has 1 aliphatic rings. The van der Waals surface area contributed by atoms with Crippen molar-refractivity contribution in [3.8, 4) is 0 Å². The highest BCUT2D eigenvalue weighted by molar-refractivity contribution is 6.09. The SMILES string of the molecule is CCC[C@@H](NC(=O)CN1C(=O)N[C@](C)(c2ccccc2)C1=O)c1ccccc1. The molecular weight excluding hydrogens is 354 g/mol. The monoisotopic (exact) mass is 379 g/mol. The van der Waals surface area contributed by atoms with Crippen LogP contribution in [-0.2, 0) is 15.1 Å². The first-order valence-electron chi connectivity index (χ1n) is 9.49. The van der Waals surface area contributed by atoms with Gasteiger partial charge in [0.2, 0.25) is 5.91 Å². The normalized spacial score (nSPS) is 20.0. The van der Waals surface area contributed by atoms with E-state index in [1.807, 2.05) is 55.5 Å². The topological polar surface area (TPSA) is 78.5 Å². The number of rotatable bonds is 7. The van der Waals surface area contributed by atoms with Gasteiger partial charge in [0.15, 0.2) is 0 Å². The van der Waals surface area contributed by atoms with Crippen LogP contribution < -0.4 is 10.6 Å². The Morgan fingerprint density at radius 3 is 2.29 bits per heavy atom. The maximum absolute atomic E-state index is 12.9. The lowest BCUT2D eigenvalue weighted by molar-refractivity contribution is -0.135. The molecule has 3 rings (SSSR count). The Kier molecular flexibility index (Phi) is 5.78. The fourth-order valence-electron chi connectivity index (χ4n) is 3.49. The van der Waals surface area contributed by atoms with Crippen LogP contribution in [0.4, 0.5) is 4.79 Å². The molecule has 4 amide bonds. The van der Waals surface area contributed by atoms with Gasteiger partial charge in [0.1, 0.15) is 12.1 Å². The Morgan fingerprint density at radius 2 is 1.68 bits per heavy atom. The van der Waals surface area contributed by atoms with Crippen molar-refractivity contribution in [2.24, 2.45) is 0 Å². The molecular formula is C22H25N3O3. The summed E-state index contributed by atoms with van der Waals surface area (Å²) in [6.45, 7) is 3.40. The lowest BCUT2D eigenvalue weighted by Crippen LogP contribution is -2.43. The second kappa shape index (κ2) is 8.25. The number of carbonyl (C=O) groups is 3. The molecule has 6 heteroatoms. The molecule has 2 aromatic carbocycles. The van der Waals surface area contributed by atoms with Gasteiger partial charge in [0, 0.05) is 0 Å². The van der Waals surface area contributed by atoms with E-state index in [1.54, 1.807) is 19.1 Å². The van der Waals surface area contributed by atoms with Gasteiger partial charge >= 0.3 is 6.03 Å². The van der Waals surface area contributed by atoms with E-state index in [1.165, 1.54) is 0 Å². The van der Waals surface area contributed by atoms with Crippen LogP contribution in [0.2, 0.25) is 0 Å². The molecule has 1 aliphatic heterocycles. The van der Waals surface area contributed by atoms with Gasteiger partial charge in [-0.1, -0.05) is 74.0 Å².